The van der Waals surface area contributed by atoms with E-state index in [2.05, 4.69) is 36.3 Å². The summed E-state index contributed by atoms with van der Waals surface area (Å²) in [5.41, 5.74) is 2.50. The van der Waals surface area contributed by atoms with E-state index < -0.39 is 0 Å². The first-order valence-electron chi connectivity index (χ1n) is 8.37. The Bertz CT molecular complexity index is 568. The van der Waals surface area contributed by atoms with Crippen LogP contribution in [0.2, 0.25) is 0 Å². The molecule has 0 saturated heterocycles. The summed E-state index contributed by atoms with van der Waals surface area (Å²) in [6, 6.07) is 8.14. The van der Waals surface area contributed by atoms with Crippen LogP contribution in [0.15, 0.2) is 36.9 Å². The van der Waals surface area contributed by atoms with Gasteiger partial charge in [-0.2, -0.15) is 0 Å². The third kappa shape index (κ3) is 4.95. The van der Waals surface area contributed by atoms with Gasteiger partial charge in [-0.1, -0.05) is 43.7 Å². The Kier molecular flexibility index (Phi) is 6.39. The molecule has 124 valence electrons. The van der Waals surface area contributed by atoms with Crippen molar-refractivity contribution in [1.82, 2.24) is 10.6 Å². The molecule has 0 heterocycles. The normalized spacial score (nSPS) is 20.6. The molecule has 2 atom stereocenters. The number of nitrogens with one attached hydrogen (secondary N) is 2. The van der Waals surface area contributed by atoms with Gasteiger partial charge in [-0.05, 0) is 43.4 Å². The molecule has 0 aliphatic heterocycles. The third-order valence-electron chi connectivity index (χ3n) is 4.57. The van der Waals surface area contributed by atoms with E-state index in [0.717, 1.165) is 32.1 Å². The molecule has 2 amide bonds. The Morgan fingerprint density at radius 2 is 2.00 bits per heavy atom. The summed E-state index contributed by atoms with van der Waals surface area (Å²) < 4.78 is 0. The molecular weight excluding hydrogens is 288 g/mol. The lowest BCUT2D eigenvalue weighted by atomic mass is 9.83. The molecule has 2 N–H and O–H groups in total. The first-order valence-corrected chi connectivity index (χ1v) is 8.37. The Labute approximate surface area is 138 Å². The van der Waals surface area contributed by atoms with E-state index >= 15 is 0 Å². The van der Waals surface area contributed by atoms with Crippen LogP contribution < -0.4 is 10.6 Å². The van der Waals surface area contributed by atoms with Gasteiger partial charge in [0, 0.05) is 12.6 Å². The summed E-state index contributed by atoms with van der Waals surface area (Å²) >= 11 is 0. The van der Waals surface area contributed by atoms with Gasteiger partial charge in [0.05, 0.1) is 5.92 Å². The molecule has 1 saturated carbocycles. The van der Waals surface area contributed by atoms with Crippen molar-refractivity contribution in [3.8, 4) is 0 Å². The maximum absolute atomic E-state index is 12.5. The van der Waals surface area contributed by atoms with E-state index in [9.17, 15) is 9.59 Å². The topological polar surface area (TPSA) is 58.2 Å². The van der Waals surface area contributed by atoms with E-state index in [0.29, 0.717) is 6.54 Å². The van der Waals surface area contributed by atoms with Gasteiger partial charge in [0.25, 0.3) is 0 Å². The van der Waals surface area contributed by atoms with Gasteiger partial charge in [-0.15, -0.1) is 0 Å². The van der Waals surface area contributed by atoms with E-state index in [1.807, 2.05) is 12.1 Å². The second kappa shape index (κ2) is 8.51. The standard InChI is InChI=1S/C19H26N2O2/c1-3-18(22)21-17-11-7-6-10-16(17)19(23)20-13-12-15-9-5-4-8-14(15)2/h3-5,8-9,16-17H,1,6-7,10-13H2,2H3,(H,20,23)(H,21,22)/t16-,17+/m0/s1. The lowest BCUT2D eigenvalue weighted by Gasteiger charge is -2.31. The quantitative estimate of drug-likeness (QED) is 0.793. The fourth-order valence-electron chi connectivity index (χ4n) is 3.20. The van der Waals surface area contributed by atoms with Gasteiger partial charge < -0.3 is 10.6 Å². The van der Waals surface area contributed by atoms with Crippen molar-refractivity contribution in [3.63, 3.8) is 0 Å². The number of hydrogen-bond donors (Lipinski definition) is 2. The molecule has 23 heavy (non-hydrogen) atoms. The van der Waals surface area contributed by atoms with Crippen LogP contribution in [0.4, 0.5) is 0 Å². The van der Waals surface area contributed by atoms with Crippen LogP contribution in [-0.4, -0.2) is 24.4 Å². The van der Waals surface area contributed by atoms with Crippen LogP contribution in [0.3, 0.4) is 0 Å². The minimum atomic E-state index is -0.199. The number of aryl methyl sites for hydroxylation is 1. The molecule has 1 fully saturated rings. The van der Waals surface area contributed by atoms with Crippen molar-refractivity contribution in [2.75, 3.05) is 6.54 Å². The molecule has 1 aromatic rings. The van der Waals surface area contributed by atoms with Gasteiger partial charge in [-0.25, -0.2) is 0 Å². The molecule has 1 aliphatic carbocycles. The Morgan fingerprint density at radius 3 is 2.74 bits per heavy atom. The fourth-order valence-corrected chi connectivity index (χ4v) is 3.20. The minimum Gasteiger partial charge on any atom is -0.355 e. The van der Waals surface area contributed by atoms with Crippen molar-refractivity contribution >= 4 is 11.8 Å². The van der Waals surface area contributed by atoms with Crippen LogP contribution in [0, 0.1) is 12.8 Å². The molecule has 2 rings (SSSR count). The molecule has 0 radical (unpaired) electrons. The fraction of sp³-hybridized carbons (Fsp3) is 0.474. The predicted octanol–water partition coefficient (Wildman–Crippen LogP) is 2.51. The van der Waals surface area contributed by atoms with Crippen LogP contribution in [0.5, 0.6) is 0 Å². The average Bonchev–Trinajstić information content (AvgIpc) is 2.57. The molecule has 1 aromatic carbocycles. The van der Waals surface area contributed by atoms with Crippen LogP contribution in [0.25, 0.3) is 0 Å². The molecule has 0 bridgehead atoms. The van der Waals surface area contributed by atoms with Crippen LogP contribution in [0.1, 0.15) is 36.8 Å². The van der Waals surface area contributed by atoms with Crippen LogP contribution in [-0.2, 0) is 16.0 Å². The summed E-state index contributed by atoms with van der Waals surface area (Å²) in [6.07, 6.45) is 5.87. The van der Waals surface area contributed by atoms with Gasteiger partial charge in [-0.3, -0.25) is 9.59 Å². The summed E-state index contributed by atoms with van der Waals surface area (Å²) in [5, 5.41) is 5.93. The van der Waals surface area contributed by atoms with E-state index in [1.165, 1.54) is 17.2 Å². The number of rotatable bonds is 6. The molecule has 0 unspecified atom stereocenters. The van der Waals surface area contributed by atoms with Crippen molar-refractivity contribution in [3.05, 3.63) is 48.0 Å². The number of amides is 2. The smallest absolute Gasteiger partial charge is 0.243 e. The number of carbonyl (C=O) groups excluding carboxylic acids is 2. The van der Waals surface area contributed by atoms with Crippen molar-refractivity contribution in [2.24, 2.45) is 5.92 Å². The molecule has 4 heteroatoms. The summed E-state index contributed by atoms with van der Waals surface area (Å²) in [4.78, 5) is 24.0. The Hall–Kier alpha value is -2.10. The first kappa shape index (κ1) is 17.3. The highest BCUT2D eigenvalue weighted by Gasteiger charge is 2.31. The lowest BCUT2D eigenvalue weighted by Crippen LogP contribution is -2.48. The van der Waals surface area contributed by atoms with Gasteiger partial charge in [0.2, 0.25) is 11.8 Å². The second-order valence-electron chi connectivity index (χ2n) is 6.18. The molecule has 0 aromatic heterocycles. The Balaban J connectivity index is 1.86. The lowest BCUT2D eigenvalue weighted by molar-refractivity contribution is -0.127. The summed E-state index contributed by atoms with van der Waals surface area (Å²) in [5.74, 6) is -0.285. The molecule has 4 nitrogen and oxygen atoms in total. The SMILES string of the molecule is C=CC(=O)N[C@@H]1CCCC[C@@H]1C(=O)NCCc1ccccc1C. The highest BCUT2D eigenvalue weighted by atomic mass is 16.2. The summed E-state index contributed by atoms with van der Waals surface area (Å²) in [7, 11) is 0. The van der Waals surface area contributed by atoms with Gasteiger partial charge in [0.15, 0.2) is 0 Å². The molecule has 1 aliphatic rings. The Morgan fingerprint density at radius 1 is 1.26 bits per heavy atom. The zero-order valence-electron chi connectivity index (χ0n) is 13.8. The van der Waals surface area contributed by atoms with Crippen LogP contribution >= 0.6 is 0 Å². The zero-order valence-corrected chi connectivity index (χ0v) is 13.8. The van der Waals surface area contributed by atoms with E-state index in [1.54, 1.807) is 0 Å². The molecule has 0 spiro atoms. The second-order valence-corrected chi connectivity index (χ2v) is 6.18. The van der Waals surface area contributed by atoms with Gasteiger partial charge in [0.1, 0.15) is 0 Å². The minimum absolute atomic E-state index is 0.0487. The zero-order chi connectivity index (χ0) is 16.7. The summed E-state index contributed by atoms with van der Waals surface area (Å²) in [6.45, 7) is 6.18. The first-order chi connectivity index (χ1) is 11.1. The van der Waals surface area contributed by atoms with E-state index in [4.69, 9.17) is 0 Å². The largest absolute Gasteiger partial charge is 0.355 e. The van der Waals surface area contributed by atoms with E-state index in [-0.39, 0.29) is 23.8 Å². The maximum atomic E-state index is 12.5. The van der Waals surface area contributed by atoms with Crippen molar-refractivity contribution in [1.29, 1.82) is 0 Å². The third-order valence-corrected chi connectivity index (χ3v) is 4.57. The highest BCUT2D eigenvalue weighted by Crippen LogP contribution is 2.24. The number of hydrogen-bond acceptors (Lipinski definition) is 2. The number of benzene rings is 1. The van der Waals surface area contributed by atoms with Gasteiger partial charge >= 0.3 is 0 Å². The average molecular weight is 314 g/mol. The number of carbonyl (C=O) groups is 2. The predicted molar refractivity (Wildman–Crippen MR) is 92.0 cm³/mol. The van der Waals surface area contributed by atoms with Crippen molar-refractivity contribution < 1.29 is 9.59 Å². The molecular formula is C19H26N2O2. The highest BCUT2D eigenvalue weighted by molar-refractivity contribution is 5.88. The maximum Gasteiger partial charge on any atom is 0.243 e. The van der Waals surface area contributed by atoms with Crippen molar-refractivity contribution in [2.45, 2.75) is 45.1 Å². The monoisotopic (exact) mass is 314 g/mol.